The molecule has 0 spiro atoms. The first-order chi connectivity index (χ1) is 9.97. The molecule has 2 N–H and O–H groups in total. The van der Waals surface area contributed by atoms with Crippen molar-refractivity contribution in [3.05, 3.63) is 21.9 Å². The summed E-state index contributed by atoms with van der Waals surface area (Å²) < 4.78 is 19.7. The Kier molecular flexibility index (Phi) is 3.66. The number of ether oxygens (including phenoxy) is 1. The zero-order valence-electron chi connectivity index (χ0n) is 11.1. The third kappa shape index (κ3) is 2.53. The van der Waals surface area contributed by atoms with Crippen molar-refractivity contribution in [2.75, 3.05) is 26.2 Å². The van der Waals surface area contributed by atoms with Gasteiger partial charge in [0.1, 0.15) is 12.4 Å². The van der Waals surface area contributed by atoms with Crippen LogP contribution in [-0.2, 0) is 6.54 Å². The Hall–Kier alpha value is -1.54. The van der Waals surface area contributed by atoms with E-state index in [0.29, 0.717) is 31.7 Å². The third-order valence-electron chi connectivity index (χ3n) is 3.89. The van der Waals surface area contributed by atoms with Crippen molar-refractivity contribution in [2.45, 2.75) is 12.6 Å². The third-order valence-corrected chi connectivity index (χ3v) is 4.64. The number of phenols is 1. The average molecular weight is 361 g/mol. The normalized spacial score (nSPS) is 22.0. The number of fused-ring (bicyclic) bond motifs is 2. The lowest BCUT2D eigenvalue weighted by molar-refractivity contribution is 0.0499. The Balaban J connectivity index is 1.88. The van der Waals surface area contributed by atoms with Crippen LogP contribution in [0.25, 0.3) is 0 Å². The van der Waals surface area contributed by atoms with Crippen molar-refractivity contribution in [1.29, 1.82) is 0 Å². The Morgan fingerprint density at radius 2 is 2.24 bits per heavy atom. The number of hydrogen-bond acceptors (Lipinski definition) is 4. The Bertz CT molecular complexity index is 598. The van der Waals surface area contributed by atoms with Gasteiger partial charge in [0.05, 0.1) is 10.5 Å². The molecule has 0 radical (unpaired) electrons. The van der Waals surface area contributed by atoms with Crippen molar-refractivity contribution in [3.63, 3.8) is 0 Å². The molecular formula is C13H14BrFN2O4. The standard InChI is InChI=1S/C13H14BrFN2O4/c14-10-9(18)3-7-4-16-1-2-17(13(19)20)5-8(16)6-21-12(7)11(10)15/h3,8,18H,1-2,4-6H2,(H,19,20)/t8-/m1/s1. The van der Waals surface area contributed by atoms with Crippen molar-refractivity contribution in [2.24, 2.45) is 0 Å². The number of carbonyl (C=O) groups is 1. The lowest BCUT2D eigenvalue weighted by atomic mass is 10.1. The summed E-state index contributed by atoms with van der Waals surface area (Å²) in [6, 6.07) is 1.36. The van der Waals surface area contributed by atoms with Crippen LogP contribution in [0.1, 0.15) is 5.56 Å². The monoisotopic (exact) mass is 360 g/mol. The van der Waals surface area contributed by atoms with E-state index in [1.165, 1.54) is 11.0 Å². The number of piperazine rings is 1. The zero-order valence-corrected chi connectivity index (χ0v) is 12.6. The molecule has 1 amide bonds. The van der Waals surface area contributed by atoms with E-state index in [1.807, 2.05) is 0 Å². The number of hydrogen-bond donors (Lipinski definition) is 2. The highest BCUT2D eigenvalue weighted by molar-refractivity contribution is 9.10. The number of aromatic hydroxyl groups is 1. The smallest absolute Gasteiger partial charge is 0.407 e. The van der Waals surface area contributed by atoms with Gasteiger partial charge in [-0.1, -0.05) is 0 Å². The van der Waals surface area contributed by atoms with Crippen LogP contribution in [0.4, 0.5) is 9.18 Å². The summed E-state index contributed by atoms with van der Waals surface area (Å²) in [5.41, 5.74) is 0.569. The SMILES string of the molecule is O=C(O)N1CCN2Cc3cc(O)c(Br)c(F)c3OC[C@H]2C1. The summed E-state index contributed by atoms with van der Waals surface area (Å²) in [6.07, 6.45) is -0.956. The van der Waals surface area contributed by atoms with E-state index in [1.54, 1.807) is 0 Å². The van der Waals surface area contributed by atoms with Crippen LogP contribution in [0.3, 0.4) is 0 Å². The molecule has 0 unspecified atom stereocenters. The summed E-state index contributed by atoms with van der Waals surface area (Å²) in [6.45, 7) is 1.93. The highest BCUT2D eigenvalue weighted by atomic mass is 79.9. The number of benzene rings is 1. The van der Waals surface area contributed by atoms with E-state index >= 15 is 0 Å². The topological polar surface area (TPSA) is 73.2 Å². The Labute approximate surface area is 128 Å². The van der Waals surface area contributed by atoms with Crippen LogP contribution in [0.5, 0.6) is 11.5 Å². The molecule has 114 valence electrons. The molecule has 0 aromatic heterocycles. The van der Waals surface area contributed by atoms with E-state index in [0.717, 1.165) is 0 Å². The highest BCUT2D eigenvalue weighted by Crippen LogP contribution is 2.38. The quantitative estimate of drug-likeness (QED) is 0.738. The van der Waals surface area contributed by atoms with Gasteiger partial charge in [-0.15, -0.1) is 0 Å². The Morgan fingerprint density at radius 3 is 2.95 bits per heavy atom. The van der Waals surface area contributed by atoms with Gasteiger partial charge in [0.25, 0.3) is 0 Å². The number of amides is 1. The van der Waals surface area contributed by atoms with Gasteiger partial charge in [0.2, 0.25) is 0 Å². The molecule has 6 nitrogen and oxygen atoms in total. The van der Waals surface area contributed by atoms with Gasteiger partial charge in [-0.25, -0.2) is 9.18 Å². The fraction of sp³-hybridized carbons (Fsp3) is 0.462. The molecule has 0 aliphatic carbocycles. The predicted octanol–water partition coefficient (Wildman–Crippen LogP) is 1.85. The minimum Gasteiger partial charge on any atom is -0.507 e. The molecule has 0 saturated carbocycles. The average Bonchev–Trinajstić information content (AvgIpc) is 2.63. The molecule has 2 aliphatic rings. The van der Waals surface area contributed by atoms with Crippen molar-refractivity contribution in [3.8, 4) is 11.5 Å². The molecule has 1 aromatic rings. The van der Waals surface area contributed by atoms with E-state index in [-0.39, 0.29) is 28.6 Å². The van der Waals surface area contributed by atoms with Gasteiger partial charge in [-0.05, 0) is 22.0 Å². The molecule has 2 aliphatic heterocycles. The second-order valence-electron chi connectivity index (χ2n) is 5.18. The second kappa shape index (κ2) is 5.34. The molecule has 1 saturated heterocycles. The van der Waals surface area contributed by atoms with Crippen molar-refractivity contribution in [1.82, 2.24) is 9.80 Å². The largest absolute Gasteiger partial charge is 0.507 e. The first kappa shape index (κ1) is 14.4. The predicted molar refractivity (Wildman–Crippen MR) is 75.1 cm³/mol. The molecule has 2 heterocycles. The molecule has 8 heteroatoms. The minimum atomic E-state index is -0.956. The van der Waals surface area contributed by atoms with Gasteiger partial charge in [-0.3, -0.25) is 4.90 Å². The molecule has 1 atom stereocenters. The lowest BCUT2D eigenvalue weighted by Crippen LogP contribution is -2.55. The summed E-state index contributed by atoms with van der Waals surface area (Å²) in [5, 5.41) is 18.8. The van der Waals surface area contributed by atoms with E-state index < -0.39 is 11.9 Å². The minimum absolute atomic E-state index is 0.0201. The lowest BCUT2D eigenvalue weighted by Gasteiger charge is -2.38. The molecule has 0 bridgehead atoms. The number of rotatable bonds is 0. The number of phenolic OH excluding ortho intramolecular Hbond substituents is 1. The van der Waals surface area contributed by atoms with Crippen LogP contribution in [0.15, 0.2) is 10.5 Å². The Morgan fingerprint density at radius 1 is 1.48 bits per heavy atom. The van der Waals surface area contributed by atoms with Gasteiger partial charge in [-0.2, -0.15) is 0 Å². The number of carboxylic acid groups (broad SMARTS) is 1. The number of nitrogens with zero attached hydrogens (tertiary/aromatic N) is 2. The first-order valence-corrected chi connectivity index (χ1v) is 7.31. The maximum atomic E-state index is 14.2. The van der Waals surface area contributed by atoms with E-state index in [2.05, 4.69) is 20.8 Å². The molecular weight excluding hydrogens is 347 g/mol. The number of halogens is 2. The summed E-state index contributed by atoms with van der Waals surface area (Å²) in [5.74, 6) is -0.673. The summed E-state index contributed by atoms with van der Waals surface area (Å²) in [7, 11) is 0. The van der Waals surface area contributed by atoms with E-state index in [4.69, 9.17) is 9.84 Å². The van der Waals surface area contributed by atoms with Crippen molar-refractivity contribution >= 4 is 22.0 Å². The zero-order chi connectivity index (χ0) is 15.1. The fourth-order valence-corrected chi connectivity index (χ4v) is 3.05. The molecule has 21 heavy (non-hydrogen) atoms. The van der Waals surface area contributed by atoms with Gasteiger partial charge >= 0.3 is 6.09 Å². The van der Waals surface area contributed by atoms with Crippen LogP contribution in [0, 0.1) is 5.82 Å². The van der Waals surface area contributed by atoms with Crippen LogP contribution >= 0.6 is 15.9 Å². The molecule has 1 aromatic carbocycles. The fourth-order valence-electron chi connectivity index (χ4n) is 2.75. The molecule has 3 rings (SSSR count). The van der Waals surface area contributed by atoms with E-state index in [9.17, 15) is 14.3 Å². The summed E-state index contributed by atoms with van der Waals surface area (Å²) in [4.78, 5) is 14.4. The van der Waals surface area contributed by atoms with Crippen LogP contribution in [0.2, 0.25) is 0 Å². The maximum Gasteiger partial charge on any atom is 0.407 e. The van der Waals surface area contributed by atoms with Crippen LogP contribution < -0.4 is 4.74 Å². The van der Waals surface area contributed by atoms with Gasteiger partial charge < -0.3 is 19.8 Å². The van der Waals surface area contributed by atoms with Gasteiger partial charge in [0.15, 0.2) is 11.6 Å². The van der Waals surface area contributed by atoms with Gasteiger partial charge in [0, 0.05) is 31.7 Å². The highest BCUT2D eigenvalue weighted by Gasteiger charge is 2.34. The maximum absolute atomic E-state index is 14.2. The first-order valence-electron chi connectivity index (χ1n) is 6.52. The second-order valence-corrected chi connectivity index (χ2v) is 5.97. The van der Waals surface area contributed by atoms with Crippen molar-refractivity contribution < 1.29 is 24.1 Å². The van der Waals surface area contributed by atoms with Crippen LogP contribution in [-0.4, -0.2) is 58.4 Å². The summed E-state index contributed by atoms with van der Waals surface area (Å²) >= 11 is 2.98. The molecule has 1 fully saturated rings.